The Morgan fingerprint density at radius 2 is 2.16 bits per heavy atom. The van der Waals surface area contributed by atoms with E-state index in [1.807, 2.05) is 13.0 Å². The molecule has 0 spiro atoms. The minimum atomic E-state index is 0.0117. The van der Waals surface area contributed by atoms with Gasteiger partial charge in [-0.15, -0.1) is 0 Å². The molecular formula is C15H19BrClNO. The van der Waals surface area contributed by atoms with Gasteiger partial charge in [-0.2, -0.15) is 0 Å². The highest BCUT2D eigenvalue weighted by Crippen LogP contribution is 2.26. The molecule has 0 aliphatic heterocycles. The molecule has 1 aliphatic rings. The van der Waals surface area contributed by atoms with Crippen LogP contribution in [0.1, 0.15) is 41.6 Å². The lowest BCUT2D eigenvalue weighted by molar-refractivity contribution is 0.0911. The number of carbonyl (C=O) groups excluding carboxylic acids is 1. The van der Waals surface area contributed by atoms with E-state index in [4.69, 9.17) is 11.6 Å². The highest BCUT2D eigenvalue weighted by atomic mass is 79.9. The number of aryl methyl sites for hydroxylation is 1. The maximum atomic E-state index is 12.3. The number of rotatable bonds is 3. The summed E-state index contributed by atoms with van der Waals surface area (Å²) in [4.78, 5) is 12.3. The smallest absolute Gasteiger partial charge is 0.251 e. The average Bonchev–Trinajstić information content (AvgIpc) is 2.42. The van der Waals surface area contributed by atoms with Crippen LogP contribution < -0.4 is 5.32 Å². The summed E-state index contributed by atoms with van der Waals surface area (Å²) < 4.78 is 0. The molecule has 1 aromatic carbocycles. The van der Waals surface area contributed by atoms with Gasteiger partial charge in [0.05, 0.1) is 0 Å². The quantitative estimate of drug-likeness (QED) is 0.812. The van der Waals surface area contributed by atoms with Crippen LogP contribution in [0.3, 0.4) is 0 Å². The third-order valence-corrected chi connectivity index (χ3v) is 5.10. The van der Waals surface area contributed by atoms with E-state index in [1.54, 1.807) is 12.1 Å². The Kier molecular flexibility index (Phi) is 5.28. The lowest BCUT2D eigenvalue weighted by Crippen LogP contribution is -2.42. The Morgan fingerprint density at radius 1 is 1.42 bits per heavy atom. The molecule has 0 saturated heterocycles. The summed E-state index contributed by atoms with van der Waals surface area (Å²) in [6, 6.07) is 5.71. The molecule has 1 amide bonds. The number of halogens is 2. The van der Waals surface area contributed by atoms with Crippen LogP contribution in [0.5, 0.6) is 0 Å². The number of hydrogen-bond acceptors (Lipinski definition) is 1. The van der Waals surface area contributed by atoms with Crippen molar-refractivity contribution in [2.45, 2.75) is 38.6 Å². The number of alkyl halides is 1. The van der Waals surface area contributed by atoms with Gasteiger partial charge < -0.3 is 5.32 Å². The number of benzene rings is 1. The topological polar surface area (TPSA) is 29.1 Å². The summed E-state index contributed by atoms with van der Waals surface area (Å²) in [6.45, 7) is 1.92. The van der Waals surface area contributed by atoms with Crippen molar-refractivity contribution in [1.82, 2.24) is 5.32 Å². The predicted molar refractivity (Wildman–Crippen MR) is 83.2 cm³/mol. The standard InChI is InChI=1S/C15H19BrClNO/c1-10-8-11(6-7-13(10)17)15(19)18-14-5-3-2-4-12(14)9-16/h6-8,12,14H,2-5,9H2,1H3,(H,18,19). The second kappa shape index (κ2) is 6.76. The van der Waals surface area contributed by atoms with Crippen molar-refractivity contribution < 1.29 is 4.79 Å². The fraction of sp³-hybridized carbons (Fsp3) is 0.533. The van der Waals surface area contributed by atoms with Gasteiger partial charge in [0.1, 0.15) is 0 Å². The average molecular weight is 345 g/mol. The van der Waals surface area contributed by atoms with Crippen molar-refractivity contribution in [3.05, 3.63) is 34.3 Å². The van der Waals surface area contributed by atoms with Crippen molar-refractivity contribution in [1.29, 1.82) is 0 Å². The monoisotopic (exact) mass is 343 g/mol. The zero-order valence-electron chi connectivity index (χ0n) is 11.1. The Bertz CT molecular complexity index is 463. The maximum absolute atomic E-state index is 12.3. The predicted octanol–water partition coefficient (Wildman–Crippen LogP) is 4.33. The van der Waals surface area contributed by atoms with Crippen LogP contribution in [0.15, 0.2) is 18.2 Å². The molecule has 1 aromatic rings. The van der Waals surface area contributed by atoms with E-state index in [9.17, 15) is 4.79 Å². The molecule has 19 heavy (non-hydrogen) atoms. The molecule has 1 aliphatic carbocycles. The van der Waals surface area contributed by atoms with Crippen molar-refractivity contribution in [3.8, 4) is 0 Å². The van der Waals surface area contributed by atoms with Gasteiger partial charge in [0, 0.05) is 22.0 Å². The first kappa shape index (κ1) is 14.9. The third kappa shape index (κ3) is 3.73. The zero-order chi connectivity index (χ0) is 13.8. The van der Waals surface area contributed by atoms with Crippen LogP contribution in [0, 0.1) is 12.8 Å². The molecule has 2 unspecified atom stereocenters. The summed E-state index contributed by atoms with van der Waals surface area (Å²) in [5.74, 6) is 0.559. The molecule has 2 rings (SSSR count). The van der Waals surface area contributed by atoms with Gasteiger partial charge in [-0.05, 0) is 49.4 Å². The largest absolute Gasteiger partial charge is 0.349 e. The number of nitrogens with one attached hydrogen (secondary N) is 1. The van der Waals surface area contributed by atoms with Crippen molar-refractivity contribution in [3.63, 3.8) is 0 Å². The fourth-order valence-electron chi connectivity index (χ4n) is 2.62. The van der Waals surface area contributed by atoms with Gasteiger partial charge in [-0.3, -0.25) is 4.79 Å². The molecule has 0 aromatic heterocycles. The van der Waals surface area contributed by atoms with Crippen molar-refractivity contribution in [2.24, 2.45) is 5.92 Å². The minimum absolute atomic E-state index is 0.0117. The first-order valence-electron chi connectivity index (χ1n) is 6.75. The lowest BCUT2D eigenvalue weighted by Gasteiger charge is -2.31. The van der Waals surface area contributed by atoms with Crippen LogP contribution in [0.2, 0.25) is 5.02 Å². The van der Waals surface area contributed by atoms with E-state index in [-0.39, 0.29) is 11.9 Å². The first-order chi connectivity index (χ1) is 9.11. The van der Waals surface area contributed by atoms with E-state index in [1.165, 1.54) is 19.3 Å². The van der Waals surface area contributed by atoms with Gasteiger partial charge in [0.25, 0.3) is 5.91 Å². The summed E-state index contributed by atoms with van der Waals surface area (Å²) >= 11 is 9.53. The lowest BCUT2D eigenvalue weighted by atomic mass is 9.86. The number of hydrogen-bond donors (Lipinski definition) is 1. The summed E-state index contributed by atoms with van der Waals surface area (Å²) in [5.41, 5.74) is 1.63. The van der Waals surface area contributed by atoms with Crippen LogP contribution in [-0.4, -0.2) is 17.3 Å². The van der Waals surface area contributed by atoms with Crippen LogP contribution >= 0.6 is 27.5 Å². The molecule has 0 radical (unpaired) electrons. The number of carbonyl (C=O) groups is 1. The van der Waals surface area contributed by atoms with Crippen LogP contribution in [-0.2, 0) is 0 Å². The Morgan fingerprint density at radius 3 is 2.84 bits per heavy atom. The van der Waals surface area contributed by atoms with E-state index < -0.39 is 0 Å². The molecule has 1 N–H and O–H groups in total. The highest BCUT2D eigenvalue weighted by molar-refractivity contribution is 9.09. The molecule has 2 atom stereocenters. The normalized spacial score (nSPS) is 23.1. The van der Waals surface area contributed by atoms with E-state index >= 15 is 0 Å². The molecular weight excluding hydrogens is 326 g/mol. The second-order valence-corrected chi connectivity index (χ2v) is 6.30. The molecule has 1 fully saturated rings. The van der Waals surface area contributed by atoms with Gasteiger partial charge in [-0.1, -0.05) is 40.4 Å². The fourth-order valence-corrected chi connectivity index (χ4v) is 3.51. The van der Waals surface area contributed by atoms with Crippen LogP contribution in [0.25, 0.3) is 0 Å². The molecule has 104 valence electrons. The van der Waals surface area contributed by atoms with Crippen LogP contribution in [0.4, 0.5) is 0 Å². The van der Waals surface area contributed by atoms with Gasteiger partial charge >= 0.3 is 0 Å². The molecule has 1 saturated carbocycles. The molecule has 0 bridgehead atoms. The van der Waals surface area contributed by atoms with E-state index in [2.05, 4.69) is 21.2 Å². The van der Waals surface area contributed by atoms with Crippen molar-refractivity contribution >= 4 is 33.4 Å². The van der Waals surface area contributed by atoms with E-state index in [0.29, 0.717) is 16.5 Å². The summed E-state index contributed by atoms with van der Waals surface area (Å²) in [6.07, 6.45) is 4.74. The molecule has 0 heterocycles. The minimum Gasteiger partial charge on any atom is -0.349 e. The van der Waals surface area contributed by atoms with Gasteiger partial charge in [-0.25, -0.2) is 0 Å². The maximum Gasteiger partial charge on any atom is 0.251 e. The Labute approximate surface area is 128 Å². The van der Waals surface area contributed by atoms with Gasteiger partial charge in [0.15, 0.2) is 0 Å². The first-order valence-corrected chi connectivity index (χ1v) is 8.24. The summed E-state index contributed by atoms with van der Waals surface area (Å²) in [7, 11) is 0. The SMILES string of the molecule is Cc1cc(C(=O)NC2CCCCC2CBr)ccc1Cl. The Balaban J connectivity index is 2.05. The third-order valence-electron chi connectivity index (χ3n) is 3.84. The second-order valence-electron chi connectivity index (χ2n) is 5.24. The molecule has 4 heteroatoms. The Hall–Kier alpha value is -0.540. The zero-order valence-corrected chi connectivity index (χ0v) is 13.4. The molecule has 2 nitrogen and oxygen atoms in total. The number of amides is 1. The van der Waals surface area contributed by atoms with Crippen molar-refractivity contribution in [2.75, 3.05) is 5.33 Å². The highest BCUT2D eigenvalue weighted by Gasteiger charge is 2.25. The summed E-state index contributed by atoms with van der Waals surface area (Å²) in [5, 5.41) is 4.83. The van der Waals surface area contributed by atoms with E-state index in [0.717, 1.165) is 17.3 Å². The van der Waals surface area contributed by atoms with Gasteiger partial charge in [0.2, 0.25) is 0 Å².